The van der Waals surface area contributed by atoms with Crippen LogP contribution in [-0.2, 0) is 9.53 Å². The summed E-state index contributed by atoms with van der Waals surface area (Å²) in [4.78, 5) is 38.9. The van der Waals surface area contributed by atoms with Gasteiger partial charge >= 0.3 is 6.09 Å². The van der Waals surface area contributed by atoms with E-state index in [1.165, 1.54) is 0 Å². The normalized spacial score (nSPS) is 20.2. The molecule has 2 aliphatic rings. The fraction of sp³-hybridized carbons (Fsp3) is 0.278. The van der Waals surface area contributed by atoms with Gasteiger partial charge in [0.25, 0.3) is 11.8 Å². The molecule has 3 heterocycles. The van der Waals surface area contributed by atoms with Crippen molar-refractivity contribution in [1.29, 1.82) is 0 Å². The highest BCUT2D eigenvalue weighted by Crippen LogP contribution is 2.24. The van der Waals surface area contributed by atoms with E-state index in [4.69, 9.17) is 4.74 Å². The predicted octanol–water partition coefficient (Wildman–Crippen LogP) is 2.61. The molecule has 2 saturated heterocycles. The van der Waals surface area contributed by atoms with E-state index < -0.39 is 6.09 Å². The van der Waals surface area contributed by atoms with Gasteiger partial charge in [-0.3, -0.25) is 9.59 Å². The van der Waals surface area contributed by atoms with Gasteiger partial charge in [0.1, 0.15) is 0 Å². The van der Waals surface area contributed by atoms with Crippen LogP contribution in [-0.4, -0.2) is 53.4 Å². The molecular formula is C18H16N2O4S. The van der Waals surface area contributed by atoms with E-state index in [-0.39, 0.29) is 24.5 Å². The van der Waals surface area contributed by atoms with Crippen molar-refractivity contribution in [3.8, 4) is 11.1 Å². The average Bonchev–Trinajstić information content (AvgIpc) is 3.36. The zero-order valence-electron chi connectivity index (χ0n) is 13.4. The van der Waals surface area contributed by atoms with E-state index in [1.54, 1.807) is 16.2 Å². The van der Waals surface area contributed by atoms with E-state index in [1.807, 2.05) is 35.7 Å². The molecule has 0 radical (unpaired) electrons. The van der Waals surface area contributed by atoms with E-state index >= 15 is 0 Å². The summed E-state index contributed by atoms with van der Waals surface area (Å²) in [7, 11) is 0. The Hall–Kier alpha value is -2.67. The molecule has 0 aliphatic carbocycles. The van der Waals surface area contributed by atoms with Crippen LogP contribution < -0.4 is 0 Å². The first-order valence-electron chi connectivity index (χ1n) is 8.04. The third-order valence-electron chi connectivity index (χ3n) is 4.59. The van der Waals surface area contributed by atoms with Gasteiger partial charge in [-0.25, -0.2) is 9.69 Å². The number of hydrogen-bond donors (Lipinski definition) is 0. The summed E-state index contributed by atoms with van der Waals surface area (Å²) in [5.41, 5.74) is 2.81. The van der Waals surface area contributed by atoms with E-state index in [2.05, 4.69) is 5.38 Å². The summed E-state index contributed by atoms with van der Waals surface area (Å²) in [6.45, 7) is 0.673. The number of rotatable bonds is 3. The van der Waals surface area contributed by atoms with Crippen LogP contribution in [0.1, 0.15) is 16.8 Å². The van der Waals surface area contributed by atoms with Gasteiger partial charge in [0, 0.05) is 18.7 Å². The van der Waals surface area contributed by atoms with Crippen molar-refractivity contribution >= 4 is 29.2 Å². The summed E-state index contributed by atoms with van der Waals surface area (Å²) < 4.78 is 4.75. The van der Waals surface area contributed by atoms with Crippen molar-refractivity contribution in [2.75, 3.05) is 19.7 Å². The molecule has 1 aromatic carbocycles. The van der Waals surface area contributed by atoms with Gasteiger partial charge in [-0.05, 0) is 46.5 Å². The number of imide groups is 1. The molecule has 128 valence electrons. The zero-order chi connectivity index (χ0) is 17.4. The lowest BCUT2D eigenvalue weighted by atomic mass is 10.1. The maximum absolute atomic E-state index is 12.7. The van der Waals surface area contributed by atoms with Gasteiger partial charge < -0.3 is 9.64 Å². The van der Waals surface area contributed by atoms with Crippen molar-refractivity contribution < 1.29 is 19.1 Å². The standard InChI is InChI=1S/C18H16N2O4S/c21-16-10-24-18(23)20(16)15-5-7-19(9-15)17(22)13-3-1-12(2-4-13)14-6-8-25-11-14/h1-4,6,8,11,15H,5,7,9-10H2. The third kappa shape index (κ3) is 2.91. The molecule has 1 aromatic heterocycles. The molecule has 4 rings (SSSR count). The molecule has 0 spiro atoms. The van der Waals surface area contributed by atoms with Gasteiger partial charge in [-0.1, -0.05) is 12.1 Å². The minimum absolute atomic E-state index is 0.0839. The summed E-state index contributed by atoms with van der Waals surface area (Å²) in [5.74, 6) is -0.413. The van der Waals surface area contributed by atoms with E-state index in [9.17, 15) is 14.4 Å². The molecule has 6 nitrogen and oxygen atoms in total. The summed E-state index contributed by atoms with van der Waals surface area (Å²) in [6, 6.07) is 9.25. The lowest BCUT2D eigenvalue weighted by molar-refractivity contribution is -0.127. The van der Waals surface area contributed by atoms with Crippen LogP contribution in [0.4, 0.5) is 4.79 Å². The maximum atomic E-state index is 12.7. The summed E-state index contributed by atoms with van der Waals surface area (Å²) in [6.07, 6.45) is -0.0241. The smallest absolute Gasteiger partial charge is 0.417 e. The topological polar surface area (TPSA) is 66.9 Å². The van der Waals surface area contributed by atoms with Crippen LogP contribution in [0.15, 0.2) is 41.1 Å². The summed E-state index contributed by atoms with van der Waals surface area (Å²) >= 11 is 1.63. The number of hydrogen-bond acceptors (Lipinski definition) is 5. The second-order valence-electron chi connectivity index (χ2n) is 6.10. The fourth-order valence-electron chi connectivity index (χ4n) is 3.27. The minimum atomic E-state index is -0.607. The second-order valence-corrected chi connectivity index (χ2v) is 6.88. The molecule has 0 N–H and O–H groups in total. The zero-order valence-corrected chi connectivity index (χ0v) is 14.2. The van der Waals surface area contributed by atoms with Crippen molar-refractivity contribution in [2.24, 2.45) is 0 Å². The van der Waals surface area contributed by atoms with Crippen LogP contribution in [0.5, 0.6) is 0 Å². The van der Waals surface area contributed by atoms with Crippen LogP contribution >= 0.6 is 11.3 Å². The number of cyclic esters (lactones) is 1. The molecule has 3 amide bonds. The predicted molar refractivity (Wildman–Crippen MR) is 92.3 cm³/mol. The van der Waals surface area contributed by atoms with Crippen LogP contribution in [0.2, 0.25) is 0 Å². The Bertz CT molecular complexity index is 800. The lowest BCUT2D eigenvalue weighted by Gasteiger charge is -2.20. The second kappa shape index (κ2) is 6.33. The molecule has 0 bridgehead atoms. The number of ether oxygens (including phenoxy) is 1. The molecule has 1 atom stereocenters. The van der Waals surface area contributed by atoms with Gasteiger partial charge in [0.05, 0.1) is 6.04 Å². The fourth-order valence-corrected chi connectivity index (χ4v) is 3.94. The largest absolute Gasteiger partial charge is 0.439 e. The Kier molecular flexibility index (Phi) is 4.01. The number of carbonyl (C=O) groups is 3. The lowest BCUT2D eigenvalue weighted by Crippen LogP contribution is -2.42. The summed E-state index contributed by atoms with van der Waals surface area (Å²) in [5, 5.41) is 4.08. The Balaban J connectivity index is 1.45. The van der Waals surface area contributed by atoms with Crippen molar-refractivity contribution in [3.05, 3.63) is 46.7 Å². The molecule has 0 saturated carbocycles. The van der Waals surface area contributed by atoms with Crippen molar-refractivity contribution in [1.82, 2.24) is 9.80 Å². The molecular weight excluding hydrogens is 340 g/mol. The van der Waals surface area contributed by atoms with E-state index in [0.717, 1.165) is 16.0 Å². The molecule has 25 heavy (non-hydrogen) atoms. The van der Waals surface area contributed by atoms with Crippen molar-refractivity contribution in [3.63, 3.8) is 0 Å². The highest BCUT2D eigenvalue weighted by molar-refractivity contribution is 7.08. The molecule has 2 aromatic rings. The molecule has 2 aliphatic heterocycles. The van der Waals surface area contributed by atoms with Gasteiger partial charge in [-0.15, -0.1) is 0 Å². The van der Waals surface area contributed by atoms with E-state index in [0.29, 0.717) is 25.1 Å². The molecule has 7 heteroatoms. The minimum Gasteiger partial charge on any atom is -0.439 e. The number of amides is 3. The highest BCUT2D eigenvalue weighted by Gasteiger charge is 2.41. The van der Waals surface area contributed by atoms with Gasteiger partial charge in [-0.2, -0.15) is 11.3 Å². The average molecular weight is 356 g/mol. The maximum Gasteiger partial charge on any atom is 0.417 e. The number of carbonyl (C=O) groups excluding carboxylic acids is 3. The number of thiophene rings is 1. The monoisotopic (exact) mass is 356 g/mol. The number of nitrogens with zero attached hydrogens (tertiary/aromatic N) is 2. The SMILES string of the molecule is O=C(c1ccc(-c2ccsc2)cc1)N1CCC(N2C(=O)COC2=O)C1. The third-order valence-corrected chi connectivity index (χ3v) is 5.27. The van der Waals surface area contributed by atoms with Crippen molar-refractivity contribution in [2.45, 2.75) is 12.5 Å². The number of likely N-dealkylation sites (tertiary alicyclic amines) is 1. The van der Waals surface area contributed by atoms with Crippen LogP contribution in [0, 0.1) is 0 Å². The Morgan fingerprint density at radius 1 is 1.12 bits per heavy atom. The first kappa shape index (κ1) is 15.8. The molecule has 1 unspecified atom stereocenters. The Morgan fingerprint density at radius 3 is 2.56 bits per heavy atom. The van der Waals surface area contributed by atoms with Crippen LogP contribution in [0.25, 0.3) is 11.1 Å². The van der Waals surface area contributed by atoms with Crippen LogP contribution in [0.3, 0.4) is 0 Å². The Labute approximate surface area is 148 Å². The quantitative estimate of drug-likeness (QED) is 0.848. The van der Waals surface area contributed by atoms with Gasteiger partial charge in [0.2, 0.25) is 0 Å². The first-order chi connectivity index (χ1) is 12.1. The van der Waals surface area contributed by atoms with Gasteiger partial charge in [0.15, 0.2) is 6.61 Å². The first-order valence-corrected chi connectivity index (χ1v) is 8.98. The highest BCUT2D eigenvalue weighted by atomic mass is 32.1. The Morgan fingerprint density at radius 2 is 1.92 bits per heavy atom. The number of benzene rings is 1. The molecule has 2 fully saturated rings.